The van der Waals surface area contributed by atoms with Crippen molar-refractivity contribution < 1.29 is 9.52 Å². The Morgan fingerprint density at radius 2 is 1.89 bits per heavy atom. The van der Waals surface area contributed by atoms with Crippen molar-refractivity contribution >= 4 is 53.5 Å². The molecule has 0 aliphatic carbocycles. The Kier molecular flexibility index (Phi) is 4.89. The highest BCUT2D eigenvalue weighted by Crippen LogP contribution is 2.34. The Labute approximate surface area is 130 Å². The van der Waals surface area contributed by atoms with Gasteiger partial charge in [0.25, 0.3) is 0 Å². The Morgan fingerprint density at radius 1 is 1.22 bits per heavy atom. The van der Waals surface area contributed by atoms with Crippen LogP contribution in [0, 0.1) is 0 Å². The summed E-state index contributed by atoms with van der Waals surface area (Å²) >= 11 is 10.3. The van der Waals surface area contributed by atoms with Crippen LogP contribution in [0.4, 0.5) is 5.69 Å². The molecule has 2 N–H and O–H groups in total. The van der Waals surface area contributed by atoms with Gasteiger partial charge < -0.3 is 14.8 Å². The van der Waals surface area contributed by atoms with Gasteiger partial charge in [-0.3, -0.25) is 0 Å². The van der Waals surface area contributed by atoms with Gasteiger partial charge in [-0.05, 0) is 56.1 Å². The third-order valence-corrected chi connectivity index (χ3v) is 4.06. The van der Waals surface area contributed by atoms with Crippen LogP contribution >= 0.6 is 47.8 Å². The SMILES string of the molecule is OC(CNc1c(Br)cc(Br)cc1Br)c1ccco1. The number of benzene rings is 1. The molecule has 1 aromatic carbocycles. The summed E-state index contributed by atoms with van der Waals surface area (Å²) in [6.07, 6.45) is 0.867. The second-order valence-electron chi connectivity index (χ2n) is 3.66. The van der Waals surface area contributed by atoms with E-state index < -0.39 is 6.10 Å². The molecule has 6 heteroatoms. The molecule has 0 amide bonds. The number of anilines is 1. The van der Waals surface area contributed by atoms with Crippen molar-refractivity contribution in [1.82, 2.24) is 0 Å². The van der Waals surface area contributed by atoms with E-state index in [9.17, 15) is 5.11 Å². The van der Waals surface area contributed by atoms with Crippen LogP contribution in [-0.4, -0.2) is 11.7 Å². The lowest BCUT2D eigenvalue weighted by molar-refractivity contribution is 0.162. The van der Waals surface area contributed by atoms with Gasteiger partial charge >= 0.3 is 0 Å². The van der Waals surface area contributed by atoms with E-state index in [1.165, 1.54) is 0 Å². The number of aliphatic hydroxyl groups excluding tert-OH is 1. The van der Waals surface area contributed by atoms with Crippen molar-refractivity contribution in [1.29, 1.82) is 0 Å². The minimum absolute atomic E-state index is 0.367. The lowest BCUT2D eigenvalue weighted by atomic mass is 10.2. The molecular weight excluding hydrogens is 430 g/mol. The number of hydrogen-bond acceptors (Lipinski definition) is 3. The molecule has 1 unspecified atom stereocenters. The van der Waals surface area contributed by atoms with E-state index in [1.807, 2.05) is 12.1 Å². The molecule has 0 aliphatic rings. The maximum atomic E-state index is 9.91. The predicted molar refractivity (Wildman–Crippen MR) is 81.7 cm³/mol. The van der Waals surface area contributed by atoms with Crippen molar-refractivity contribution in [2.45, 2.75) is 6.10 Å². The smallest absolute Gasteiger partial charge is 0.134 e. The molecular formula is C12H10Br3NO2. The van der Waals surface area contributed by atoms with Crippen LogP contribution in [-0.2, 0) is 0 Å². The minimum atomic E-state index is -0.678. The van der Waals surface area contributed by atoms with Crippen LogP contribution in [0.1, 0.15) is 11.9 Å². The number of aliphatic hydroxyl groups is 1. The Morgan fingerprint density at radius 3 is 2.44 bits per heavy atom. The summed E-state index contributed by atoms with van der Waals surface area (Å²) in [6, 6.07) is 7.38. The third-order valence-electron chi connectivity index (χ3n) is 2.35. The van der Waals surface area contributed by atoms with Crippen LogP contribution in [0.15, 0.2) is 48.4 Å². The first kappa shape index (κ1) is 14.1. The standard InChI is InChI=1S/C12H10Br3NO2/c13-7-4-8(14)12(9(15)5-7)16-6-10(17)11-2-1-3-18-11/h1-5,10,16-17H,6H2. The van der Waals surface area contributed by atoms with Crippen molar-refractivity contribution in [3.05, 3.63) is 49.7 Å². The van der Waals surface area contributed by atoms with Crippen LogP contribution in [0.25, 0.3) is 0 Å². The zero-order chi connectivity index (χ0) is 13.1. The minimum Gasteiger partial charge on any atom is -0.467 e. The summed E-state index contributed by atoms with van der Waals surface area (Å²) in [7, 11) is 0. The lowest BCUT2D eigenvalue weighted by Gasteiger charge is -2.14. The first-order valence-electron chi connectivity index (χ1n) is 5.18. The zero-order valence-electron chi connectivity index (χ0n) is 9.16. The maximum Gasteiger partial charge on any atom is 0.134 e. The lowest BCUT2D eigenvalue weighted by Crippen LogP contribution is -2.12. The summed E-state index contributed by atoms with van der Waals surface area (Å²) in [5, 5.41) is 13.1. The van der Waals surface area contributed by atoms with Crippen LogP contribution < -0.4 is 5.32 Å². The van der Waals surface area contributed by atoms with E-state index in [1.54, 1.807) is 18.4 Å². The number of nitrogens with one attached hydrogen (secondary N) is 1. The fourth-order valence-electron chi connectivity index (χ4n) is 1.49. The van der Waals surface area contributed by atoms with Gasteiger partial charge in [-0.25, -0.2) is 0 Å². The summed E-state index contributed by atoms with van der Waals surface area (Å²) in [4.78, 5) is 0. The number of furan rings is 1. The van der Waals surface area contributed by atoms with Gasteiger partial charge in [0.05, 0.1) is 12.0 Å². The van der Waals surface area contributed by atoms with Gasteiger partial charge in [-0.2, -0.15) is 0 Å². The average molecular weight is 440 g/mol. The second kappa shape index (κ2) is 6.23. The highest BCUT2D eigenvalue weighted by atomic mass is 79.9. The molecule has 2 rings (SSSR count). The highest BCUT2D eigenvalue weighted by Gasteiger charge is 2.12. The summed E-state index contributed by atoms with van der Waals surface area (Å²) in [5.74, 6) is 0.548. The monoisotopic (exact) mass is 437 g/mol. The zero-order valence-corrected chi connectivity index (χ0v) is 13.9. The number of halogens is 3. The van der Waals surface area contributed by atoms with E-state index in [-0.39, 0.29) is 0 Å². The summed E-state index contributed by atoms with van der Waals surface area (Å²) in [5.41, 5.74) is 0.892. The van der Waals surface area contributed by atoms with Crippen LogP contribution in [0.5, 0.6) is 0 Å². The fourth-order valence-corrected chi connectivity index (χ4v) is 4.03. The normalized spacial score (nSPS) is 12.4. The molecule has 0 aliphatic heterocycles. The molecule has 1 heterocycles. The van der Waals surface area contributed by atoms with E-state index in [2.05, 4.69) is 53.1 Å². The molecule has 0 bridgehead atoms. The van der Waals surface area contributed by atoms with E-state index in [0.717, 1.165) is 19.1 Å². The molecule has 2 aromatic rings. The van der Waals surface area contributed by atoms with Gasteiger partial charge in [0, 0.05) is 20.0 Å². The molecule has 0 radical (unpaired) electrons. The number of rotatable bonds is 4. The van der Waals surface area contributed by atoms with Crippen molar-refractivity contribution in [2.24, 2.45) is 0 Å². The first-order chi connectivity index (χ1) is 8.58. The molecule has 96 valence electrons. The molecule has 0 spiro atoms. The first-order valence-corrected chi connectivity index (χ1v) is 7.55. The van der Waals surface area contributed by atoms with E-state index in [4.69, 9.17) is 4.42 Å². The van der Waals surface area contributed by atoms with E-state index >= 15 is 0 Å². The van der Waals surface area contributed by atoms with Crippen molar-refractivity contribution in [3.63, 3.8) is 0 Å². The van der Waals surface area contributed by atoms with Crippen molar-refractivity contribution in [3.8, 4) is 0 Å². The highest BCUT2D eigenvalue weighted by molar-refractivity contribution is 9.11. The fraction of sp³-hybridized carbons (Fsp3) is 0.167. The molecule has 1 atom stereocenters. The molecule has 3 nitrogen and oxygen atoms in total. The molecule has 0 saturated heterocycles. The second-order valence-corrected chi connectivity index (χ2v) is 6.28. The Bertz CT molecular complexity index is 505. The number of hydrogen-bond donors (Lipinski definition) is 2. The van der Waals surface area contributed by atoms with Crippen molar-refractivity contribution in [2.75, 3.05) is 11.9 Å². The summed E-state index contributed by atoms with van der Waals surface area (Å²) < 4.78 is 7.94. The van der Waals surface area contributed by atoms with Gasteiger partial charge in [0.2, 0.25) is 0 Å². The van der Waals surface area contributed by atoms with Crippen LogP contribution in [0.3, 0.4) is 0 Å². The molecule has 18 heavy (non-hydrogen) atoms. The Hall–Kier alpha value is -0.300. The summed E-state index contributed by atoms with van der Waals surface area (Å²) in [6.45, 7) is 0.367. The maximum absolute atomic E-state index is 9.91. The van der Waals surface area contributed by atoms with Crippen LogP contribution in [0.2, 0.25) is 0 Å². The van der Waals surface area contributed by atoms with Gasteiger partial charge in [0.15, 0.2) is 0 Å². The quantitative estimate of drug-likeness (QED) is 0.725. The van der Waals surface area contributed by atoms with Gasteiger partial charge in [-0.1, -0.05) is 15.9 Å². The van der Waals surface area contributed by atoms with Gasteiger partial charge in [-0.15, -0.1) is 0 Å². The topological polar surface area (TPSA) is 45.4 Å². The molecule has 1 aromatic heterocycles. The predicted octanol–water partition coefficient (Wildman–Crippen LogP) is 4.71. The molecule has 0 saturated carbocycles. The molecule has 0 fully saturated rings. The Balaban J connectivity index is 2.07. The van der Waals surface area contributed by atoms with Gasteiger partial charge in [0.1, 0.15) is 11.9 Å². The van der Waals surface area contributed by atoms with E-state index in [0.29, 0.717) is 12.3 Å². The average Bonchev–Trinajstić information content (AvgIpc) is 2.80. The largest absolute Gasteiger partial charge is 0.467 e. The third kappa shape index (κ3) is 3.38.